The molecule has 1 atom stereocenters. The first-order valence-electron chi connectivity index (χ1n) is 5.72. The summed E-state index contributed by atoms with van der Waals surface area (Å²) in [6.07, 6.45) is -3.33. The Morgan fingerprint density at radius 3 is 2.56 bits per heavy atom. The van der Waals surface area contributed by atoms with Gasteiger partial charge in [0.2, 0.25) is 0 Å². The summed E-state index contributed by atoms with van der Waals surface area (Å²) in [5.74, 6) is 0.254. The number of hydrogen-bond acceptors (Lipinski definition) is 4. The molecule has 108 valence electrons. The second-order valence-electron chi connectivity index (χ2n) is 4.85. The van der Waals surface area contributed by atoms with Crippen LogP contribution in [0.1, 0.15) is 19.8 Å². The molecule has 1 aliphatic heterocycles. The first-order chi connectivity index (χ1) is 8.12. The summed E-state index contributed by atoms with van der Waals surface area (Å²) in [6, 6.07) is 0. The van der Waals surface area contributed by atoms with Crippen LogP contribution in [-0.4, -0.2) is 51.4 Å². The van der Waals surface area contributed by atoms with E-state index in [9.17, 15) is 21.6 Å². The number of nitrogens with one attached hydrogen (secondary N) is 1. The Labute approximate surface area is 105 Å². The fourth-order valence-electron chi connectivity index (χ4n) is 1.90. The van der Waals surface area contributed by atoms with E-state index in [2.05, 4.69) is 10.1 Å². The molecule has 18 heavy (non-hydrogen) atoms. The third-order valence-corrected chi connectivity index (χ3v) is 4.69. The SMILES string of the molecule is CC1(NCCCOCC(F)(F)F)CCS(=O)(=O)C1. The van der Waals surface area contributed by atoms with E-state index < -0.39 is 28.2 Å². The van der Waals surface area contributed by atoms with Gasteiger partial charge in [0, 0.05) is 12.1 Å². The Kier molecular flexibility index (Phi) is 5.02. The monoisotopic (exact) mass is 289 g/mol. The van der Waals surface area contributed by atoms with Gasteiger partial charge in [0.15, 0.2) is 9.84 Å². The van der Waals surface area contributed by atoms with E-state index in [4.69, 9.17) is 0 Å². The highest BCUT2D eigenvalue weighted by Gasteiger charge is 2.37. The molecule has 1 heterocycles. The van der Waals surface area contributed by atoms with Crippen LogP contribution in [0.15, 0.2) is 0 Å². The maximum Gasteiger partial charge on any atom is 0.411 e. The molecule has 0 amide bonds. The lowest BCUT2D eigenvalue weighted by Gasteiger charge is -2.23. The van der Waals surface area contributed by atoms with Gasteiger partial charge in [0.05, 0.1) is 11.5 Å². The highest BCUT2D eigenvalue weighted by molar-refractivity contribution is 7.91. The van der Waals surface area contributed by atoms with E-state index in [1.165, 1.54) is 0 Å². The Hall–Kier alpha value is -0.340. The quantitative estimate of drug-likeness (QED) is 0.745. The fourth-order valence-corrected chi connectivity index (χ4v) is 4.03. The Bertz CT molecular complexity index is 369. The average molecular weight is 289 g/mol. The second-order valence-corrected chi connectivity index (χ2v) is 7.03. The number of ether oxygens (including phenoxy) is 1. The molecule has 0 saturated carbocycles. The van der Waals surface area contributed by atoms with Crippen molar-refractivity contribution in [3.8, 4) is 0 Å². The Morgan fingerprint density at radius 1 is 1.39 bits per heavy atom. The highest BCUT2D eigenvalue weighted by Crippen LogP contribution is 2.22. The van der Waals surface area contributed by atoms with Gasteiger partial charge in [-0.25, -0.2) is 8.42 Å². The first kappa shape index (κ1) is 15.7. The largest absolute Gasteiger partial charge is 0.411 e. The van der Waals surface area contributed by atoms with Crippen molar-refractivity contribution in [2.75, 3.05) is 31.3 Å². The standard InChI is InChI=1S/C10H18F3NO3S/c1-9(3-6-18(15,16)8-9)14-4-2-5-17-7-10(11,12)13/h14H,2-8H2,1H3. The molecule has 1 saturated heterocycles. The zero-order chi connectivity index (χ0) is 13.9. The third-order valence-electron chi connectivity index (χ3n) is 2.79. The minimum atomic E-state index is -4.29. The first-order valence-corrected chi connectivity index (χ1v) is 7.54. The molecular weight excluding hydrogens is 271 g/mol. The third kappa shape index (κ3) is 6.01. The summed E-state index contributed by atoms with van der Waals surface area (Å²) in [4.78, 5) is 0. The van der Waals surface area contributed by atoms with Crippen molar-refractivity contribution < 1.29 is 26.3 Å². The van der Waals surface area contributed by atoms with Crippen molar-refractivity contribution in [1.29, 1.82) is 0 Å². The Balaban J connectivity index is 2.12. The molecule has 1 fully saturated rings. The molecule has 0 aromatic carbocycles. The van der Waals surface area contributed by atoms with E-state index in [-0.39, 0.29) is 18.1 Å². The van der Waals surface area contributed by atoms with Crippen LogP contribution < -0.4 is 5.32 Å². The Morgan fingerprint density at radius 2 is 2.06 bits per heavy atom. The predicted molar refractivity (Wildman–Crippen MR) is 61.2 cm³/mol. The lowest BCUT2D eigenvalue weighted by molar-refractivity contribution is -0.174. The van der Waals surface area contributed by atoms with Crippen LogP contribution in [0.5, 0.6) is 0 Å². The molecule has 8 heteroatoms. The summed E-state index contributed by atoms with van der Waals surface area (Å²) in [5.41, 5.74) is -0.455. The lowest BCUT2D eigenvalue weighted by atomic mass is 10.0. The lowest BCUT2D eigenvalue weighted by Crippen LogP contribution is -2.44. The van der Waals surface area contributed by atoms with E-state index in [1.54, 1.807) is 0 Å². The maximum atomic E-state index is 11.7. The van der Waals surface area contributed by atoms with E-state index in [0.717, 1.165) is 0 Å². The minimum absolute atomic E-state index is 0.00927. The number of sulfone groups is 1. The summed E-state index contributed by atoms with van der Waals surface area (Å²) < 4.78 is 62.3. The van der Waals surface area contributed by atoms with Gasteiger partial charge in [-0.2, -0.15) is 13.2 Å². The molecular formula is C10H18F3NO3S. The zero-order valence-electron chi connectivity index (χ0n) is 10.2. The van der Waals surface area contributed by atoms with Crippen LogP contribution in [0.25, 0.3) is 0 Å². The molecule has 1 unspecified atom stereocenters. The van der Waals surface area contributed by atoms with Crippen molar-refractivity contribution in [2.45, 2.75) is 31.5 Å². The molecule has 0 radical (unpaired) electrons. The van der Waals surface area contributed by atoms with Crippen molar-refractivity contribution in [3.05, 3.63) is 0 Å². The maximum absolute atomic E-state index is 11.7. The normalized spacial score (nSPS) is 27.6. The van der Waals surface area contributed by atoms with E-state index in [0.29, 0.717) is 19.4 Å². The summed E-state index contributed by atoms with van der Waals surface area (Å²) >= 11 is 0. The van der Waals surface area contributed by atoms with Gasteiger partial charge in [-0.05, 0) is 26.3 Å². The smallest absolute Gasteiger partial charge is 0.372 e. The van der Waals surface area contributed by atoms with Crippen molar-refractivity contribution in [2.24, 2.45) is 0 Å². The second kappa shape index (κ2) is 5.75. The van der Waals surface area contributed by atoms with Gasteiger partial charge in [-0.3, -0.25) is 0 Å². The number of rotatable bonds is 6. The van der Waals surface area contributed by atoms with Crippen molar-refractivity contribution in [1.82, 2.24) is 5.32 Å². The fraction of sp³-hybridized carbons (Fsp3) is 1.00. The highest BCUT2D eigenvalue weighted by atomic mass is 32.2. The molecule has 0 spiro atoms. The van der Waals surface area contributed by atoms with E-state index >= 15 is 0 Å². The molecule has 1 N–H and O–H groups in total. The molecule has 1 rings (SSSR count). The van der Waals surface area contributed by atoms with Gasteiger partial charge >= 0.3 is 6.18 Å². The molecule has 0 bridgehead atoms. The van der Waals surface area contributed by atoms with Crippen LogP contribution >= 0.6 is 0 Å². The topological polar surface area (TPSA) is 55.4 Å². The molecule has 0 aromatic rings. The number of halogens is 3. The van der Waals surface area contributed by atoms with Crippen LogP contribution in [0.2, 0.25) is 0 Å². The van der Waals surface area contributed by atoms with Gasteiger partial charge in [0.1, 0.15) is 6.61 Å². The molecule has 4 nitrogen and oxygen atoms in total. The van der Waals surface area contributed by atoms with Crippen LogP contribution in [0, 0.1) is 0 Å². The number of hydrogen-bond donors (Lipinski definition) is 1. The van der Waals surface area contributed by atoms with Crippen LogP contribution in [-0.2, 0) is 14.6 Å². The summed E-state index contributed by atoms with van der Waals surface area (Å²) in [7, 11) is -2.96. The minimum Gasteiger partial charge on any atom is -0.372 e. The van der Waals surface area contributed by atoms with Gasteiger partial charge < -0.3 is 10.1 Å². The predicted octanol–water partition coefficient (Wildman–Crippen LogP) is 1.12. The van der Waals surface area contributed by atoms with Gasteiger partial charge in [-0.1, -0.05) is 0 Å². The summed E-state index contributed by atoms with van der Waals surface area (Å²) in [6.45, 7) is 1.03. The van der Waals surface area contributed by atoms with Gasteiger partial charge in [-0.15, -0.1) is 0 Å². The average Bonchev–Trinajstić information content (AvgIpc) is 2.46. The number of alkyl halides is 3. The zero-order valence-corrected chi connectivity index (χ0v) is 11.0. The van der Waals surface area contributed by atoms with E-state index in [1.807, 2.05) is 6.92 Å². The van der Waals surface area contributed by atoms with Gasteiger partial charge in [0.25, 0.3) is 0 Å². The summed E-state index contributed by atoms with van der Waals surface area (Å²) in [5, 5.41) is 3.07. The molecule has 0 aliphatic carbocycles. The van der Waals surface area contributed by atoms with Crippen LogP contribution in [0.3, 0.4) is 0 Å². The van der Waals surface area contributed by atoms with Crippen molar-refractivity contribution >= 4 is 9.84 Å². The molecule has 1 aliphatic rings. The van der Waals surface area contributed by atoms with Crippen molar-refractivity contribution in [3.63, 3.8) is 0 Å². The molecule has 0 aromatic heterocycles. The van der Waals surface area contributed by atoms with Crippen LogP contribution in [0.4, 0.5) is 13.2 Å².